The number of nitrogens with zero attached hydrogens (tertiary/aromatic N) is 2. The van der Waals surface area contributed by atoms with Gasteiger partial charge in [-0.25, -0.2) is 9.78 Å². The number of benzene rings is 1. The van der Waals surface area contributed by atoms with Gasteiger partial charge in [-0.3, -0.25) is 0 Å². The summed E-state index contributed by atoms with van der Waals surface area (Å²) in [6.45, 7) is 3.78. The molecule has 0 aliphatic carbocycles. The molecule has 5 nitrogen and oxygen atoms in total. The molecule has 0 saturated carbocycles. The van der Waals surface area contributed by atoms with E-state index >= 15 is 0 Å². The lowest BCUT2D eigenvalue weighted by Gasteiger charge is -2.38. The third-order valence-electron chi connectivity index (χ3n) is 3.82. The predicted molar refractivity (Wildman–Crippen MR) is 88.5 cm³/mol. The van der Waals surface area contributed by atoms with Gasteiger partial charge in [0, 0.05) is 18.3 Å². The Kier molecular flexibility index (Phi) is 4.76. The smallest absolute Gasteiger partial charge is 0.317 e. The first-order valence-corrected chi connectivity index (χ1v) is 7.88. The number of hydrogen-bond acceptors (Lipinski definition) is 3. The van der Waals surface area contributed by atoms with Gasteiger partial charge in [-0.2, -0.15) is 0 Å². The summed E-state index contributed by atoms with van der Waals surface area (Å²) in [5.74, 6) is 0.624. The molecule has 3 rings (SSSR count). The van der Waals surface area contributed by atoms with Crippen molar-refractivity contribution in [2.24, 2.45) is 0 Å². The maximum absolute atomic E-state index is 12.0. The van der Waals surface area contributed by atoms with Gasteiger partial charge >= 0.3 is 6.03 Å². The van der Waals surface area contributed by atoms with Crippen molar-refractivity contribution < 1.29 is 9.53 Å². The number of rotatable bonds is 5. The second kappa shape index (κ2) is 7.13. The average molecular weight is 311 g/mol. The lowest BCUT2D eigenvalue weighted by atomic mass is 10.1. The van der Waals surface area contributed by atoms with Crippen LogP contribution in [0, 0.1) is 6.92 Å². The number of likely N-dealkylation sites (tertiary alicyclic amines) is 1. The summed E-state index contributed by atoms with van der Waals surface area (Å²) in [4.78, 5) is 18.1. The number of aromatic nitrogens is 1. The van der Waals surface area contributed by atoms with Crippen molar-refractivity contribution in [1.29, 1.82) is 0 Å². The zero-order chi connectivity index (χ0) is 16.1. The highest BCUT2D eigenvalue weighted by atomic mass is 16.5. The van der Waals surface area contributed by atoms with Crippen LogP contribution in [0.1, 0.15) is 11.3 Å². The summed E-state index contributed by atoms with van der Waals surface area (Å²) in [6, 6.07) is 15.8. The summed E-state index contributed by atoms with van der Waals surface area (Å²) in [7, 11) is 0. The van der Waals surface area contributed by atoms with Crippen molar-refractivity contribution in [2.45, 2.75) is 19.4 Å². The van der Waals surface area contributed by atoms with Gasteiger partial charge in [0.2, 0.25) is 5.88 Å². The fourth-order valence-corrected chi connectivity index (χ4v) is 2.50. The highest BCUT2D eigenvalue weighted by molar-refractivity contribution is 5.75. The Morgan fingerprint density at radius 2 is 2.00 bits per heavy atom. The van der Waals surface area contributed by atoms with Crippen LogP contribution in [0.2, 0.25) is 0 Å². The number of pyridine rings is 1. The SMILES string of the molecule is Cc1cccc(OC2CN(C(=O)NCCc3ccccc3)C2)n1. The minimum atomic E-state index is -0.0296. The monoisotopic (exact) mass is 311 g/mol. The van der Waals surface area contributed by atoms with Crippen LogP contribution in [0.25, 0.3) is 0 Å². The van der Waals surface area contributed by atoms with Crippen molar-refractivity contribution in [3.8, 4) is 5.88 Å². The summed E-state index contributed by atoms with van der Waals surface area (Å²) in [6.07, 6.45) is 0.872. The van der Waals surface area contributed by atoms with Gasteiger partial charge in [0.25, 0.3) is 0 Å². The first-order chi connectivity index (χ1) is 11.2. The molecule has 1 aliphatic heterocycles. The van der Waals surface area contributed by atoms with E-state index in [0.29, 0.717) is 25.5 Å². The molecule has 1 fully saturated rings. The van der Waals surface area contributed by atoms with E-state index in [1.165, 1.54) is 5.56 Å². The van der Waals surface area contributed by atoms with Crippen molar-refractivity contribution in [3.05, 3.63) is 59.8 Å². The first kappa shape index (κ1) is 15.3. The van der Waals surface area contributed by atoms with E-state index in [4.69, 9.17) is 4.74 Å². The zero-order valence-corrected chi connectivity index (χ0v) is 13.2. The van der Waals surface area contributed by atoms with Crippen LogP contribution in [0.15, 0.2) is 48.5 Å². The molecule has 120 valence electrons. The third-order valence-corrected chi connectivity index (χ3v) is 3.82. The third kappa shape index (κ3) is 4.22. The lowest BCUT2D eigenvalue weighted by molar-refractivity contribution is 0.0414. The van der Waals surface area contributed by atoms with Crippen molar-refractivity contribution in [2.75, 3.05) is 19.6 Å². The molecule has 5 heteroatoms. The highest BCUT2D eigenvalue weighted by Gasteiger charge is 2.32. The van der Waals surface area contributed by atoms with E-state index in [9.17, 15) is 4.79 Å². The van der Waals surface area contributed by atoms with Crippen LogP contribution < -0.4 is 10.1 Å². The molecule has 1 aliphatic rings. The van der Waals surface area contributed by atoms with Crippen molar-refractivity contribution in [3.63, 3.8) is 0 Å². The molecule has 0 atom stereocenters. The van der Waals surface area contributed by atoms with Gasteiger partial charge in [0.15, 0.2) is 0 Å². The predicted octanol–water partition coefficient (Wildman–Crippen LogP) is 2.41. The molecular weight excluding hydrogens is 290 g/mol. The number of carbonyl (C=O) groups is 1. The van der Waals surface area contributed by atoms with Crippen LogP contribution in [0.3, 0.4) is 0 Å². The molecule has 0 unspecified atom stereocenters. The number of ether oxygens (including phenoxy) is 1. The van der Waals surface area contributed by atoms with Gasteiger partial charge in [-0.05, 0) is 25.0 Å². The standard InChI is InChI=1S/C18H21N3O2/c1-14-6-5-9-17(20-14)23-16-12-21(13-16)18(22)19-11-10-15-7-3-2-4-8-15/h2-9,16H,10-13H2,1H3,(H,19,22). The minimum Gasteiger partial charge on any atom is -0.471 e. The van der Waals surface area contributed by atoms with E-state index in [-0.39, 0.29) is 12.1 Å². The van der Waals surface area contributed by atoms with E-state index in [0.717, 1.165) is 12.1 Å². The number of nitrogens with one attached hydrogen (secondary N) is 1. The second-order valence-corrected chi connectivity index (χ2v) is 5.73. The lowest BCUT2D eigenvalue weighted by Crippen LogP contribution is -2.59. The molecule has 0 spiro atoms. The van der Waals surface area contributed by atoms with Gasteiger partial charge < -0.3 is 15.0 Å². The number of urea groups is 1. The number of hydrogen-bond donors (Lipinski definition) is 1. The largest absolute Gasteiger partial charge is 0.471 e. The van der Waals surface area contributed by atoms with Gasteiger partial charge in [-0.15, -0.1) is 0 Å². The molecule has 0 radical (unpaired) electrons. The van der Waals surface area contributed by atoms with Gasteiger partial charge in [0.05, 0.1) is 13.1 Å². The second-order valence-electron chi connectivity index (χ2n) is 5.73. The van der Waals surface area contributed by atoms with Crippen LogP contribution in [0.4, 0.5) is 4.79 Å². The average Bonchev–Trinajstić information content (AvgIpc) is 2.51. The topological polar surface area (TPSA) is 54.5 Å². The maximum atomic E-state index is 12.0. The molecule has 2 aromatic rings. The number of carbonyl (C=O) groups excluding carboxylic acids is 1. The summed E-state index contributed by atoms with van der Waals surface area (Å²) in [5, 5.41) is 2.94. The van der Waals surface area contributed by atoms with Gasteiger partial charge in [0.1, 0.15) is 6.10 Å². The summed E-state index contributed by atoms with van der Waals surface area (Å²) >= 11 is 0. The van der Waals surface area contributed by atoms with E-state index in [1.54, 1.807) is 4.90 Å². The Hall–Kier alpha value is -2.56. The van der Waals surface area contributed by atoms with Crippen LogP contribution in [0.5, 0.6) is 5.88 Å². The van der Waals surface area contributed by atoms with Crippen LogP contribution in [-0.2, 0) is 6.42 Å². The fourth-order valence-electron chi connectivity index (χ4n) is 2.50. The molecule has 1 aromatic heterocycles. The Morgan fingerprint density at radius 1 is 1.22 bits per heavy atom. The number of amides is 2. The Labute approximate surface area is 136 Å². The normalized spacial score (nSPS) is 14.2. The molecule has 2 heterocycles. The van der Waals surface area contributed by atoms with E-state index < -0.39 is 0 Å². The van der Waals surface area contributed by atoms with Crippen LogP contribution >= 0.6 is 0 Å². The first-order valence-electron chi connectivity index (χ1n) is 7.88. The van der Waals surface area contributed by atoms with Crippen LogP contribution in [-0.4, -0.2) is 41.7 Å². The van der Waals surface area contributed by atoms with E-state index in [2.05, 4.69) is 22.4 Å². The Morgan fingerprint density at radius 3 is 2.74 bits per heavy atom. The fraction of sp³-hybridized carbons (Fsp3) is 0.333. The minimum absolute atomic E-state index is 0.0296. The maximum Gasteiger partial charge on any atom is 0.317 e. The molecular formula is C18H21N3O2. The molecule has 0 bridgehead atoms. The molecule has 1 saturated heterocycles. The van der Waals surface area contributed by atoms with Gasteiger partial charge in [-0.1, -0.05) is 36.4 Å². The molecule has 1 N–H and O–H groups in total. The Balaban J connectivity index is 1.36. The summed E-state index contributed by atoms with van der Waals surface area (Å²) in [5.41, 5.74) is 2.15. The number of aryl methyl sites for hydroxylation is 1. The summed E-state index contributed by atoms with van der Waals surface area (Å²) < 4.78 is 5.75. The van der Waals surface area contributed by atoms with E-state index in [1.807, 2.05) is 43.3 Å². The van der Waals surface area contributed by atoms with Crippen molar-refractivity contribution >= 4 is 6.03 Å². The van der Waals surface area contributed by atoms with Crippen molar-refractivity contribution in [1.82, 2.24) is 15.2 Å². The molecule has 2 amide bonds. The molecule has 23 heavy (non-hydrogen) atoms. The highest BCUT2D eigenvalue weighted by Crippen LogP contribution is 2.16. The zero-order valence-electron chi connectivity index (χ0n) is 13.2. The molecule has 1 aromatic carbocycles. The quantitative estimate of drug-likeness (QED) is 0.922. The Bertz CT molecular complexity index is 654.